The zero-order valence-electron chi connectivity index (χ0n) is 12.8. The Hall–Kier alpha value is -1.55. The largest absolute Gasteiger partial charge is 0.483 e. The van der Waals surface area contributed by atoms with E-state index in [0.29, 0.717) is 6.54 Å². The molecule has 1 aliphatic carbocycles. The molecule has 1 aliphatic rings. The number of amides is 1. The van der Waals surface area contributed by atoms with Crippen LogP contribution in [0.4, 0.5) is 0 Å². The monoisotopic (exact) mass is 291 g/mol. The highest BCUT2D eigenvalue weighted by Crippen LogP contribution is 2.28. The van der Waals surface area contributed by atoms with Gasteiger partial charge in [0.1, 0.15) is 5.75 Å². The number of carbonyl (C=O) groups is 1. The first-order valence-corrected chi connectivity index (χ1v) is 7.84. The molecule has 0 bridgehead atoms. The summed E-state index contributed by atoms with van der Waals surface area (Å²) in [5.41, 5.74) is 1.12. The molecule has 1 saturated carbocycles. The molecule has 0 radical (unpaired) electrons. The van der Waals surface area contributed by atoms with Crippen LogP contribution in [0.2, 0.25) is 0 Å². The van der Waals surface area contributed by atoms with Crippen molar-refractivity contribution >= 4 is 5.91 Å². The Morgan fingerprint density at radius 1 is 1.33 bits per heavy atom. The van der Waals surface area contributed by atoms with Crippen molar-refractivity contribution in [3.8, 4) is 5.75 Å². The van der Waals surface area contributed by atoms with E-state index >= 15 is 0 Å². The molecule has 0 unspecified atom stereocenters. The molecule has 0 saturated heterocycles. The molecular formula is C17H25NO3. The molecule has 0 heterocycles. The Labute approximate surface area is 126 Å². The lowest BCUT2D eigenvalue weighted by molar-refractivity contribution is -0.123. The summed E-state index contributed by atoms with van der Waals surface area (Å²) in [6.45, 7) is 4.38. The molecule has 1 amide bonds. The number of hydrogen-bond donors (Lipinski definition) is 1. The molecule has 21 heavy (non-hydrogen) atoms. The van der Waals surface area contributed by atoms with Gasteiger partial charge in [-0.3, -0.25) is 4.79 Å². The van der Waals surface area contributed by atoms with Crippen LogP contribution in [0, 0.1) is 5.92 Å². The Kier molecular flexibility index (Phi) is 6.54. The minimum atomic E-state index is -0.0805. The number of carbonyl (C=O) groups excluding carboxylic acids is 1. The standard InChI is InChI=1S/C17H25NO3/c1-2-15-6-3-4-7-16(15)21-13-17(19)18-10-5-11-20-12-14-8-9-14/h3-4,6-7,14H,2,5,8-13H2,1H3,(H,18,19). The van der Waals surface area contributed by atoms with Crippen LogP contribution in [0.5, 0.6) is 5.75 Å². The first kappa shape index (κ1) is 15.8. The molecule has 1 aromatic carbocycles. The van der Waals surface area contributed by atoms with Gasteiger partial charge < -0.3 is 14.8 Å². The minimum Gasteiger partial charge on any atom is -0.483 e. The second-order valence-corrected chi connectivity index (χ2v) is 5.47. The smallest absolute Gasteiger partial charge is 0.257 e. The summed E-state index contributed by atoms with van der Waals surface area (Å²) in [4.78, 5) is 11.7. The number of hydrogen-bond acceptors (Lipinski definition) is 3. The topological polar surface area (TPSA) is 47.6 Å². The van der Waals surface area contributed by atoms with E-state index in [-0.39, 0.29) is 12.5 Å². The van der Waals surface area contributed by atoms with Crippen molar-refractivity contribution in [1.29, 1.82) is 0 Å². The molecule has 4 heteroatoms. The van der Waals surface area contributed by atoms with Crippen LogP contribution in [0.1, 0.15) is 31.7 Å². The van der Waals surface area contributed by atoms with E-state index in [1.54, 1.807) is 0 Å². The summed E-state index contributed by atoms with van der Waals surface area (Å²) in [5.74, 6) is 1.51. The third kappa shape index (κ3) is 6.17. The molecule has 1 aromatic rings. The fourth-order valence-corrected chi connectivity index (χ4v) is 2.07. The van der Waals surface area contributed by atoms with Crippen LogP contribution < -0.4 is 10.1 Å². The van der Waals surface area contributed by atoms with Gasteiger partial charge in [0, 0.05) is 19.8 Å². The molecule has 0 aromatic heterocycles. The van der Waals surface area contributed by atoms with Crippen molar-refractivity contribution in [1.82, 2.24) is 5.32 Å². The summed E-state index contributed by atoms with van der Waals surface area (Å²) in [7, 11) is 0. The van der Waals surface area contributed by atoms with Gasteiger partial charge in [0.25, 0.3) is 5.91 Å². The fraction of sp³-hybridized carbons (Fsp3) is 0.588. The summed E-state index contributed by atoms with van der Waals surface area (Å²) in [5, 5.41) is 2.85. The molecule has 1 fully saturated rings. The zero-order valence-corrected chi connectivity index (χ0v) is 12.8. The van der Waals surface area contributed by atoms with Crippen molar-refractivity contribution in [2.75, 3.05) is 26.4 Å². The van der Waals surface area contributed by atoms with Gasteiger partial charge in [0.05, 0.1) is 0 Å². The third-order valence-corrected chi connectivity index (χ3v) is 3.55. The molecular weight excluding hydrogens is 266 g/mol. The lowest BCUT2D eigenvalue weighted by Crippen LogP contribution is -2.30. The number of benzene rings is 1. The van der Waals surface area contributed by atoms with Crippen LogP contribution in [0.3, 0.4) is 0 Å². The van der Waals surface area contributed by atoms with Crippen molar-refractivity contribution in [2.24, 2.45) is 5.92 Å². The third-order valence-electron chi connectivity index (χ3n) is 3.55. The van der Waals surface area contributed by atoms with E-state index in [1.807, 2.05) is 24.3 Å². The van der Waals surface area contributed by atoms with Crippen LogP contribution in [0.15, 0.2) is 24.3 Å². The first-order valence-electron chi connectivity index (χ1n) is 7.84. The molecule has 0 spiro atoms. The van der Waals surface area contributed by atoms with Crippen LogP contribution in [-0.4, -0.2) is 32.3 Å². The second-order valence-electron chi connectivity index (χ2n) is 5.47. The quantitative estimate of drug-likeness (QED) is 0.674. The summed E-state index contributed by atoms with van der Waals surface area (Å²) in [6, 6.07) is 7.82. The van der Waals surface area contributed by atoms with Gasteiger partial charge in [-0.25, -0.2) is 0 Å². The maximum absolute atomic E-state index is 11.7. The summed E-state index contributed by atoms with van der Waals surface area (Å²) >= 11 is 0. The van der Waals surface area contributed by atoms with E-state index in [9.17, 15) is 4.79 Å². The zero-order chi connectivity index (χ0) is 14.9. The number of rotatable bonds is 10. The van der Waals surface area contributed by atoms with Gasteiger partial charge in [-0.05, 0) is 43.2 Å². The summed E-state index contributed by atoms with van der Waals surface area (Å²) < 4.78 is 11.1. The van der Waals surface area contributed by atoms with Crippen molar-refractivity contribution < 1.29 is 14.3 Å². The lowest BCUT2D eigenvalue weighted by Gasteiger charge is -2.10. The van der Waals surface area contributed by atoms with E-state index in [0.717, 1.165) is 43.3 Å². The van der Waals surface area contributed by atoms with Gasteiger partial charge in [0.2, 0.25) is 0 Å². The van der Waals surface area contributed by atoms with E-state index in [4.69, 9.17) is 9.47 Å². The van der Waals surface area contributed by atoms with Crippen LogP contribution >= 0.6 is 0 Å². The number of aryl methyl sites for hydroxylation is 1. The first-order chi connectivity index (χ1) is 10.3. The average molecular weight is 291 g/mol. The van der Waals surface area contributed by atoms with Crippen molar-refractivity contribution in [3.63, 3.8) is 0 Å². The fourth-order valence-electron chi connectivity index (χ4n) is 2.07. The Bertz CT molecular complexity index is 443. The molecule has 0 atom stereocenters. The Morgan fingerprint density at radius 3 is 2.90 bits per heavy atom. The highest BCUT2D eigenvalue weighted by molar-refractivity contribution is 5.77. The van der Waals surface area contributed by atoms with Gasteiger partial charge >= 0.3 is 0 Å². The summed E-state index contributed by atoms with van der Waals surface area (Å²) in [6.07, 6.45) is 4.38. The minimum absolute atomic E-state index is 0.0694. The van der Waals surface area contributed by atoms with Gasteiger partial charge in [-0.2, -0.15) is 0 Å². The van der Waals surface area contributed by atoms with Gasteiger partial charge in [-0.1, -0.05) is 25.1 Å². The maximum Gasteiger partial charge on any atom is 0.257 e. The second kappa shape index (κ2) is 8.67. The maximum atomic E-state index is 11.7. The van der Waals surface area contributed by atoms with Gasteiger partial charge in [-0.15, -0.1) is 0 Å². The van der Waals surface area contributed by atoms with Gasteiger partial charge in [0.15, 0.2) is 6.61 Å². The Balaban J connectivity index is 1.54. The number of ether oxygens (including phenoxy) is 2. The predicted octanol–water partition coefficient (Wildman–Crippen LogP) is 2.56. The normalized spacial score (nSPS) is 14.0. The average Bonchev–Trinajstić information content (AvgIpc) is 3.33. The highest BCUT2D eigenvalue weighted by atomic mass is 16.5. The van der Waals surface area contributed by atoms with E-state index < -0.39 is 0 Å². The lowest BCUT2D eigenvalue weighted by atomic mass is 10.1. The predicted molar refractivity (Wildman–Crippen MR) is 82.5 cm³/mol. The number of para-hydroxylation sites is 1. The molecule has 0 aliphatic heterocycles. The Morgan fingerprint density at radius 2 is 2.14 bits per heavy atom. The molecule has 2 rings (SSSR count). The SMILES string of the molecule is CCc1ccccc1OCC(=O)NCCCOCC1CC1. The highest BCUT2D eigenvalue weighted by Gasteiger charge is 2.20. The van der Waals surface area contributed by atoms with Crippen molar-refractivity contribution in [2.45, 2.75) is 32.6 Å². The number of nitrogens with one attached hydrogen (secondary N) is 1. The van der Waals surface area contributed by atoms with Crippen molar-refractivity contribution in [3.05, 3.63) is 29.8 Å². The molecule has 4 nitrogen and oxygen atoms in total. The molecule has 1 N–H and O–H groups in total. The van der Waals surface area contributed by atoms with Crippen LogP contribution in [-0.2, 0) is 16.0 Å². The van der Waals surface area contributed by atoms with E-state index in [1.165, 1.54) is 12.8 Å². The van der Waals surface area contributed by atoms with Crippen LogP contribution in [0.25, 0.3) is 0 Å². The van der Waals surface area contributed by atoms with E-state index in [2.05, 4.69) is 12.2 Å². The molecule has 116 valence electrons.